The molecule has 0 spiro atoms. The van der Waals surface area contributed by atoms with Crippen molar-refractivity contribution in [2.75, 3.05) is 18.9 Å². The highest BCUT2D eigenvalue weighted by Gasteiger charge is 2.10. The quantitative estimate of drug-likeness (QED) is 0.842. The van der Waals surface area contributed by atoms with Gasteiger partial charge in [-0.05, 0) is 49.7 Å². The van der Waals surface area contributed by atoms with E-state index in [1.165, 1.54) is 12.1 Å². The third-order valence-electron chi connectivity index (χ3n) is 2.84. The lowest BCUT2D eigenvalue weighted by atomic mass is 10.0. The van der Waals surface area contributed by atoms with Crippen LogP contribution in [-0.4, -0.2) is 13.2 Å². The summed E-state index contributed by atoms with van der Waals surface area (Å²) in [6, 6.07) is 9.86. The number of anilines is 1. The predicted molar refractivity (Wildman–Crippen MR) is 78.6 cm³/mol. The highest BCUT2D eigenvalue weighted by atomic mass is 19.1. The number of ether oxygens (including phenoxy) is 2. The fourth-order valence-electron chi connectivity index (χ4n) is 1.98. The molecule has 2 N–H and O–H groups in total. The molecular weight excluding hydrogens is 257 g/mol. The molecule has 20 heavy (non-hydrogen) atoms. The van der Waals surface area contributed by atoms with Gasteiger partial charge in [-0.1, -0.05) is 6.07 Å². The van der Waals surface area contributed by atoms with E-state index in [9.17, 15) is 4.39 Å². The van der Waals surface area contributed by atoms with E-state index in [1.807, 2.05) is 13.8 Å². The standard InChI is InChI=1S/C16H18FNO2/c1-3-19-15-8-5-11(9-16(15)20-4-2)13-10-12(18)6-7-14(13)17/h5-10H,3-4,18H2,1-2H3. The molecule has 0 unspecified atom stereocenters. The molecule has 0 aliphatic heterocycles. The lowest BCUT2D eigenvalue weighted by Crippen LogP contribution is -1.99. The normalized spacial score (nSPS) is 10.3. The Morgan fingerprint density at radius 3 is 2.35 bits per heavy atom. The van der Waals surface area contributed by atoms with Crippen molar-refractivity contribution >= 4 is 5.69 Å². The average Bonchev–Trinajstić information content (AvgIpc) is 2.44. The van der Waals surface area contributed by atoms with Gasteiger partial charge in [0, 0.05) is 11.3 Å². The molecule has 0 saturated carbocycles. The second-order valence-corrected chi connectivity index (χ2v) is 4.27. The first-order valence-electron chi connectivity index (χ1n) is 6.60. The van der Waals surface area contributed by atoms with Crippen LogP contribution in [0.2, 0.25) is 0 Å². The van der Waals surface area contributed by atoms with Gasteiger partial charge >= 0.3 is 0 Å². The summed E-state index contributed by atoms with van der Waals surface area (Å²) < 4.78 is 24.9. The smallest absolute Gasteiger partial charge is 0.161 e. The van der Waals surface area contributed by atoms with Crippen molar-refractivity contribution in [3.8, 4) is 22.6 Å². The van der Waals surface area contributed by atoms with Crippen LogP contribution < -0.4 is 15.2 Å². The maximum Gasteiger partial charge on any atom is 0.161 e. The molecule has 0 aromatic heterocycles. The summed E-state index contributed by atoms with van der Waals surface area (Å²) in [5.41, 5.74) is 7.40. The largest absolute Gasteiger partial charge is 0.490 e. The van der Waals surface area contributed by atoms with Crippen molar-refractivity contribution < 1.29 is 13.9 Å². The lowest BCUT2D eigenvalue weighted by molar-refractivity contribution is 0.288. The fourth-order valence-corrected chi connectivity index (χ4v) is 1.98. The minimum atomic E-state index is -0.314. The average molecular weight is 275 g/mol. The second kappa shape index (κ2) is 6.28. The molecule has 2 rings (SSSR count). The first-order valence-corrected chi connectivity index (χ1v) is 6.60. The number of nitrogens with two attached hydrogens (primary N) is 1. The minimum absolute atomic E-state index is 0.314. The highest BCUT2D eigenvalue weighted by molar-refractivity contribution is 5.70. The summed E-state index contributed by atoms with van der Waals surface area (Å²) in [4.78, 5) is 0. The van der Waals surface area contributed by atoms with Crippen LogP contribution in [0.5, 0.6) is 11.5 Å². The number of nitrogen functional groups attached to an aromatic ring is 1. The number of benzene rings is 2. The minimum Gasteiger partial charge on any atom is -0.490 e. The zero-order valence-corrected chi connectivity index (χ0v) is 11.7. The molecule has 3 nitrogen and oxygen atoms in total. The van der Waals surface area contributed by atoms with Crippen LogP contribution in [0.25, 0.3) is 11.1 Å². The van der Waals surface area contributed by atoms with Crippen molar-refractivity contribution in [1.29, 1.82) is 0 Å². The van der Waals surface area contributed by atoms with Crippen molar-refractivity contribution in [2.24, 2.45) is 0 Å². The summed E-state index contributed by atoms with van der Waals surface area (Å²) in [5, 5.41) is 0. The molecule has 2 aromatic rings. The molecule has 0 bridgehead atoms. The number of hydrogen-bond donors (Lipinski definition) is 1. The zero-order chi connectivity index (χ0) is 14.5. The summed E-state index contributed by atoms with van der Waals surface area (Å²) in [5.74, 6) is 0.946. The Bertz CT molecular complexity index is 599. The van der Waals surface area contributed by atoms with Gasteiger partial charge < -0.3 is 15.2 Å². The van der Waals surface area contributed by atoms with E-state index in [0.29, 0.717) is 41.5 Å². The van der Waals surface area contributed by atoms with E-state index in [0.717, 1.165) is 0 Å². The first kappa shape index (κ1) is 14.2. The van der Waals surface area contributed by atoms with Gasteiger partial charge in [0.25, 0.3) is 0 Å². The predicted octanol–water partition coefficient (Wildman–Crippen LogP) is 3.87. The second-order valence-electron chi connectivity index (χ2n) is 4.27. The molecule has 0 saturated heterocycles. The van der Waals surface area contributed by atoms with Crippen LogP contribution in [0.3, 0.4) is 0 Å². The molecule has 0 amide bonds. The molecule has 0 radical (unpaired) electrons. The maximum absolute atomic E-state index is 13.9. The van der Waals surface area contributed by atoms with E-state index in [4.69, 9.17) is 15.2 Å². The van der Waals surface area contributed by atoms with Crippen LogP contribution in [0.15, 0.2) is 36.4 Å². The van der Waals surface area contributed by atoms with Gasteiger partial charge in [0.15, 0.2) is 11.5 Å². The van der Waals surface area contributed by atoms with Crippen LogP contribution in [0.4, 0.5) is 10.1 Å². The van der Waals surface area contributed by atoms with Gasteiger partial charge in [0.2, 0.25) is 0 Å². The number of hydrogen-bond acceptors (Lipinski definition) is 3. The van der Waals surface area contributed by atoms with Crippen molar-refractivity contribution in [2.45, 2.75) is 13.8 Å². The van der Waals surface area contributed by atoms with E-state index >= 15 is 0 Å². The molecule has 0 aliphatic carbocycles. The molecule has 0 aliphatic rings. The number of halogens is 1. The Morgan fingerprint density at radius 2 is 1.65 bits per heavy atom. The van der Waals surface area contributed by atoms with Crippen LogP contribution in [0.1, 0.15) is 13.8 Å². The maximum atomic E-state index is 13.9. The number of rotatable bonds is 5. The SMILES string of the molecule is CCOc1ccc(-c2cc(N)ccc2F)cc1OCC. The Hall–Kier alpha value is -2.23. The van der Waals surface area contributed by atoms with Crippen LogP contribution >= 0.6 is 0 Å². The van der Waals surface area contributed by atoms with Gasteiger partial charge in [0.1, 0.15) is 5.82 Å². The molecule has 0 heterocycles. The van der Waals surface area contributed by atoms with Gasteiger partial charge in [-0.2, -0.15) is 0 Å². The van der Waals surface area contributed by atoms with Gasteiger partial charge in [-0.25, -0.2) is 4.39 Å². The van der Waals surface area contributed by atoms with Gasteiger partial charge in [-0.15, -0.1) is 0 Å². The summed E-state index contributed by atoms with van der Waals surface area (Å²) in [6.07, 6.45) is 0. The van der Waals surface area contributed by atoms with E-state index < -0.39 is 0 Å². The van der Waals surface area contributed by atoms with Crippen molar-refractivity contribution in [1.82, 2.24) is 0 Å². The summed E-state index contributed by atoms with van der Waals surface area (Å²) in [7, 11) is 0. The summed E-state index contributed by atoms with van der Waals surface area (Å²) >= 11 is 0. The fraction of sp³-hybridized carbons (Fsp3) is 0.250. The first-order chi connectivity index (χ1) is 9.65. The highest BCUT2D eigenvalue weighted by Crippen LogP contribution is 2.34. The zero-order valence-electron chi connectivity index (χ0n) is 11.7. The monoisotopic (exact) mass is 275 g/mol. The Morgan fingerprint density at radius 1 is 0.950 bits per heavy atom. The molecule has 2 aromatic carbocycles. The van der Waals surface area contributed by atoms with E-state index in [1.54, 1.807) is 24.3 Å². The summed E-state index contributed by atoms with van der Waals surface area (Å²) in [6.45, 7) is 4.86. The lowest BCUT2D eigenvalue weighted by Gasteiger charge is -2.13. The molecule has 0 fully saturated rings. The third kappa shape index (κ3) is 3.02. The molecular formula is C16H18FNO2. The van der Waals surface area contributed by atoms with Crippen molar-refractivity contribution in [3.63, 3.8) is 0 Å². The van der Waals surface area contributed by atoms with Crippen LogP contribution in [0, 0.1) is 5.82 Å². The molecule has 0 atom stereocenters. The Balaban J connectivity index is 2.46. The van der Waals surface area contributed by atoms with Crippen molar-refractivity contribution in [3.05, 3.63) is 42.2 Å². The topological polar surface area (TPSA) is 44.5 Å². The third-order valence-corrected chi connectivity index (χ3v) is 2.84. The van der Waals surface area contributed by atoms with Crippen LogP contribution in [-0.2, 0) is 0 Å². The Labute approximate surface area is 118 Å². The van der Waals surface area contributed by atoms with Gasteiger partial charge in [0.05, 0.1) is 13.2 Å². The molecule has 4 heteroatoms. The van der Waals surface area contributed by atoms with E-state index in [2.05, 4.69) is 0 Å². The molecule has 106 valence electrons. The van der Waals surface area contributed by atoms with E-state index in [-0.39, 0.29) is 5.82 Å². The Kier molecular flexibility index (Phi) is 4.45. The van der Waals surface area contributed by atoms with Gasteiger partial charge in [-0.3, -0.25) is 0 Å².